The van der Waals surface area contributed by atoms with E-state index in [1.165, 1.54) is 11.8 Å². The molecular weight excluding hydrogens is 384 g/mol. The first-order chi connectivity index (χ1) is 14.1. The first-order valence-electron chi connectivity index (χ1n) is 9.20. The Morgan fingerprint density at radius 2 is 1.97 bits per heavy atom. The van der Waals surface area contributed by atoms with Crippen LogP contribution in [0.1, 0.15) is 19.4 Å². The average molecular weight is 402 g/mol. The molecule has 0 spiro atoms. The highest BCUT2D eigenvalue weighted by atomic mass is 32.2. The summed E-state index contributed by atoms with van der Waals surface area (Å²) in [4.78, 5) is 17.3. The highest BCUT2D eigenvalue weighted by Crippen LogP contribution is 2.28. The second-order valence-electron chi connectivity index (χ2n) is 6.43. The van der Waals surface area contributed by atoms with E-state index in [9.17, 15) is 10.1 Å². The van der Waals surface area contributed by atoms with Crippen LogP contribution in [0.25, 0.3) is 22.1 Å². The molecule has 4 rings (SSSR count). The number of para-hydroxylation sites is 2. The molecule has 1 amide bonds. The van der Waals surface area contributed by atoms with Gasteiger partial charge in [-0.15, -0.1) is 10.2 Å². The number of rotatable bonds is 5. The monoisotopic (exact) mass is 402 g/mol. The maximum Gasteiger partial charge on any atom is 0.237 e. The Labute approximate surface area is 171 Å². The fourth-order valence-electron chi connectivity index (χ4n) is 3.19. The van der Waals surface area contributed by atoms with Crippen LogP contribution in [0.2, 0.25) is 0 Å². The number of thioether (sulfide) groups is 1. The van der Waals surface area contributed by atoms with Gasteiger partial charge in [0.25, 0.3) is 0 Å². The number of nitriles is 1. The minimum absolute atomic E-state index is 0.225. The molecule has 29 heavy (non-hydrogen) atoms. The number of aromatic nitrogens is 4. The summed E-state index contributed by atoms with van der Waals surface area (Å²) >= 11 is 1.24. The lowest BCUT2D eigenvalue weighted by Gasteiger charge is -2.12. The van der Waals surface area contributed by atoms with Crippen molar-refractivity contribution in [2.75, 3.05) is 5.32 Å². The van der Waals surface area contributed by atoms with Crippen LogP contribution in [-0.2, 0) is 11.3 Å². The summed E-state index contributed by atoms with van der Waals surface area (Å²) in [6, 6.07) is 17.0. The zero-order valence-electron chi connectivity index (χ0n) is 16.0. The van der Waals surface area contributed by atoms with Gasteiger partial charge in [-0.25, -0.2) is 4.98 Å². The summed E-state index contributed by atoms with van der Waals surface area (Å²) in [5.41, 5.74) is 3.49. The molecule has 0 aliphatic heterocycles. The third-order valence-corrected chi connectivity index (χ3v) is 5.58. The van der Waals surface area contributed by atoms with Crippen LogP contribution < -0.4 is 5.32 Å². The lowest BCUT2D eigenvalue weighted by Crippen LogP contribution is -2.23. The Morgan fingerprint density at radius 1 is 1.21 bits per heavy atom. The molecule has 7 nitrogen and oxygen atoms in total. The number of carbonyl (C=O) groups is 1. The number of aryl methyl sites for hydroxylation is 1. The molecule has 0 aliphatic rings. The zero-order valence-corrected chi connectivity index (χ0v) is 16.8. The standard InChI is InChI=1S/C21H18N6OS/c1-3-27-17-11-7-5-9-15(17)18-19(27)24-21(26-25-18)29-13(2)20(28)23-16-10-6-4-8-14(16)12-22/h4-11,13H,3H2,1-2H3,(H,23,28)/t13-/m0/s1. The Kier molecular flexibility index (Phi) is 5.14. The van der Waals surface area contributed by atoms with Gasteiger partial charge in [-0.3, -0.25) is 4.79 Å². The number of amides is 1. The number of fused-ring (bicyclic) bond motifs is 3. The summed E-state index contributed by atoms with van der Waals surface area (Å²) in [5.74, 6) is -0.225. The third kappa shape index (κ3) is 3.52. The molecular formula is C21H18N6OS. The van der Waals surface area contributed by atoms with Crippen molar-refractivity contribution >= 4 is 45.4 Å². The van der Waals surface area contributed by atoms with E-state index in [1.807, 2.05) is 24.3 Å². The van der Waals surface area contributed by atoms with Gasteiger partial charge in [0.2, 0.25) is 11.1 Å². The Bertz CT molecular complexity index is 1260. The lowest BCUT2D eigenvalue weighted by atomic mass is 10.2. The van der Waals surface area contributed by atoms with Crippen molar-refractivity contribution in [1.29, 1.82) is 5.26 Å². The van der Waals surface area contributed by atoms with Gasteiger partial charge in [-0.2, -0.15) is 5.26 Å². The molecule has 0 aliphatic carbocycles. The van der Waals surface area contributed by atoms with Crippen LogP contribution in [0.5, 0.6) is 0 Å². The first kappa shape index (κ1) is 18.9. The Morgan fingerprint density at radius 3 is 2.76 bits per heavy atom. The molecule has 0 fully saturated rings. The van der Waals surface area contributed by atoms with E-state index in [-0.39, 0.29) is 5.91 Å². The van der Waals surface area contributed by atoms with E-state index < -0.39 is 5.25 Å². The van der Waals surface area contributed by atoms with Gasteiger partial charge in [0.15, 0.2) is 5.65 Å². The number of hydrogen-bond donors (Lipinski definition) is 1. The minimum Gasteiger partial charge on any atom is -0.324 e. The van der Waals surface area contributed by atoms with Crippen molar-refractivity contribution < 1.29 is 4.79 Å². The number of anilines is 1. The minimum atomic E-state index is -0.458. The summed E-state index contributed by atoms with van der Waals surface area (Å²) in [6.07, 6.45) is 0. The molecule has 0 saturated carbocycles. The first-order valence-corrected chi connectivity index (χ1v) is 10.1. The molecule has 1 N–H and O–H groups in total. The smallest absolute Gasteiger partial charge is 0.237 e. The molecule has 0 saturated heterocycles. The second-order valence-corrected chi connectivity index (χ2v) is 7.74. The zero-order chi connectivity index (χ0) is 20.4. The topological polar surface area (TPSA) is 96.5 Å². The average Bonchev–Trinajstić information content (AvgIpc) is 3.07. The van der Waals surface area contributed by atoms with Gasteiger partial charge in [0.1, 0.15) is 11.6 Å². The van der Waals surface area contributed by atoms with E-state index in [1.54, 1.807) is 31.2 Å². The van der Waals surface area contributed by atoms with E-state index in [2.05, 4.69) is 38.1 Å². The van der Waals surface area contributed by atoms with Gasteiger partial charge in [-0.1, -0.05) is 42.1 Å². The van der Waals surface area contributed by atoms with Crippen LogP contribution >= 0.6 is 11.8 Å². The number of carbonyl (C=O) groups excluding carboxylic acids is 1. The molecule has 0 radical (unpaired) electrons. The van der Waals surface area contributed by atoms with E-state index >= 15 is 0 Å². The van der Waals surface area contributed by atoms with Crippen LogP contribution in [0, 0.1) is 11.3 Å². The highest BCUT2D eigenvalue weighted by Gasteiger charge is 2.19. The number of nitrogens with zero attached hydrogens (tertiary/aromatic N) is 5. The quantitative estimate of drug-likeness (QED) is 0.507. The van der Waals surface area contributed by atoms with Gasteiger partial charge in [0, 0.05) is 11.9 Å². The normalized spacial score (nSPS) is 12.0. The van der Waals surface area contributed by atoms with Gasteiger partial charge in [-0.05, 0) is 32.0 Å². The SMILES string of the molecule is CCn1c2ccccc2c2nnc(S[C@@H](C)C(=O)Nc3ccccc3C#N)nc21. The fraction of sp³-hybridized carbons (Fsp3) is 0.190. The van der Waals surface area contributed by atoms with E-state index in [4.69, 9.17) is 0 Å². The van der Waals surface area contributed by atoms with Crippen molar-refractivity contribution in [3.63, 3.8) is 0 Å². The molecule has 2 aromatic heterocycles. The second kappa shape index (κ2) is 7.89. The largest absolute Gasteiger partial charge is 0.324 e. The molecule has 144 valence electrons. The highest BCUT2D eigenvalue weighted by molar-refractivity contribution is 8.00. The van der Waals surface area contributed by atoms with Crippen LogP contribution in [0.3, 0.4) is 0 Å². The summed E-state index contributed by atoms with van der Waals surface area (Å²) in [5, 5.41) is 21.6. The number of hydrogen-bond acceptors (Lipinski definition) is 6. The molecule has 2 heterocycles. The van der Waals surface area contributed by atoms with Crippen molar-refractivity contribution in [3.8, 4) is 6.07 Å². The summed E-state index contributed by atoms with van der Waals surface area (Å²) < 4.78 is 2.09. The maximum atomic E-state index is 12.6. The van der Waals surface area contributed by atoms with Crippen LogP contribution in [0.4, 0.5) is 5.69 Å². The van der Waals surface area contributed by atoms with Gasteiger partial charge >= 0.3 is 0 Å². The summed E-state index contributed by atoms with van der Waals surface area (Å²) in [7, 11) is 0. The van der Waals surface area contributed by atoms with Gasteiger partial charge in [0.05, 0.1) is 22.0 Å². The summed E-state index contributed by atoms with van der Waals surface area (Å²) in [6.45, 7) is 4.59. The molecule has 2 aromatic carbocycles. The lowest BCUT2D eigenvalue weighted by molar-refractivity contribution is -0.115. The van der Waals surface area contributed by atoms with Crippen LogP contribution in [-0.4, -0.2) is 30.9 Å². The number of benzene rings is 2. The molecule has 4 aromatic rings. The molecule has 0 bridgehead atoms. The fourth-order valence-corrected chi connectivity index (χ4v) is 3.90. The van der Waals surface area contributed by atoms with Crippen molar-refractivity contribution in [1.82, 2.24) is 19.7 Å². The number of nitrogens with one attached hydrogen (secondary N) is 1. The van der Waals surface area contributed by atoms with Crippen molar-refractivity contribution in [2.45, 2.75) is 30.8 Å². The molecule has 0 unspecified atom stereocenters. The van der Waals surface area contributed by atoms with Crippen molar-refractivity contribution in [2.24, 2.45) is 0 Å². The van der Waals surface area contributed by atoms with E-state index in [0.717, 1.165) is 28.6 Å². The third-order valence-electron chi connectivity index (χ3n) is 4.63. The van der Waals surface area contributed by atoms with Crippen LogP contribution in [0.15, 0.2) is 53.7 Å². The Hall–Kier alpha value is -3.44. The predicted molar refractivity (Wildman–Crippen MR) is 114 cm³/mol. The maximum absolute atomic E-state index is 12.6. The molecule has 8 heteroatoms. The van der Waals surface area contributed by atoms with E-state index in [0.29, 0.717) is 16.4 Å². The Balaban J connectivity index is 1.59. The van der Waals surface area contributed by atoms with Crippen molar-refractivity contribution in [3.05, 3.63) is 54.1 Å². The molecule has 1 atom stereocenters. The predicted octanol–water partition coefficient (Wildman–Crippen LogP) is 3.99. The van der Waals surface area contributed by atoms with Gasteiger partial charge < -0.3 is 9.88 Å².